The highest BCUT2D eigenvalue weighted by molar-refractivity contribution is 6.25. The van der Waals surface area contributed by atoms with E-state index in [2.05, 4.69) is 17.3 Å². The number of rotatable bonds is 5. The molecule has 7 nitrogen and oxygen atoms in total. The molecule has 2 amide bonds. The van der Waals surface area contributed by atoms with Crippen LogP contribution in [-0.4, -0.2) is 36.0 Å². The van der Waals surface area contributed by atoms with E-state index in [4.69, 9.17) is 4.74 Å². The standard InChI is InChI=1S/C20H20N4O3/c1-3-13-4-8-15(9-5-13)24-19(25)17-18(20(24)26)23(22-21-17)12-14-6-10-16(27-2)11-7-14/h4-11,17-18H,3,12H2,1-2H3/t17-,18-/m1/s1. The molecule has 4 rings (SSSR count). The number of nitrogens with zero attached hydrogens (tertiary/aromatic N) is 4. The van der Waals surface area contributed by atoms with Crippen molar-refractivity contribution in [3.63, 3.8) is 0 Å². The van der Waals surface area contributed by atoms with E-state index in [1.165, 1.54) is 4.90 Å². The van der Waals surface area contributed by atoms with Crippen LogP contribution in [-0.2, 0) is 22.6 Å². The molecule has 2 atom stereocenters. The Morgan fingerprint density at radius 3 is 2.26 bits per heavy atom. The second-order valence-electron chi connectivity index (χ2n) is 6.57. The van der Waals surface area contributed by atoms with E-state index >= 15 is 0 Å². The van der Waals surface area contributed by atoms with Gasteiger partial charge in [-0.05, 0) is 41.8 Å². The van der Waals surface area contributed by atoms with Gasteiger partial charge >= 0.3 is 0 Å². The second kappa shape index (κ2) is 6.83. The third-order valence-corrected chi connectivity index (χ3v) is 4.96. The fourth-order valence-corrected chi connectivity index (χ4v) is 3.41. The average Bonchev–Trinajstić information content (AvgIpc) is 3.22. The normalized spacial score (nSPS) is 21.1. The fraction of sp³-hybridized carbons (Fsp3) is 0.300. The fourth-order valence-electron chi connectivity index (χ4n) is 3.41. The number of methoxy groups -OCH3 is 1. The molecular weight excluding hydrogens is 344 g/mol. The first-order chi connectivity index (χ1) is 13.1. The molecule has 0 radical (unpaired) electrons. The van der Waals surface area contributed by atoms with Crippen molar-refractivity contribution in [2.75, 3.05) is 12.0 Å². The van der Waals surface area contributed by atoms with Crippen LogP contribution in [0.25, 0.3) is 0 Å². The summed E-state index contributed by atoms with van der Waals surface area (Å²) in [6.45, 7) is 2.46. The van der Waals surface area contributed by atoms with Gasteiger partial charge < -0.3 is 4.74 Å². The van der Waals surface area contributed by atoms with E-state index in [9.17, 15) is 9.59 Å². The molecule has 2 aliphatic rings. The number of benzene rings is 2. The maximum absolute atomic E-state index is 13.0. The predicted octanol–water partition coefficient (Wildman–Crippen LogP) is 2.75. The first-order valence-electron chi connectivity index (χ1n) is 8.89. The van der Waals surface area contributed by atoms with Crippen molar-refractivity contribution in [1.29, 1.82) is 0 Å². The van der Waals surface area contributed by atoms with Crippen LogP contribution in [0, 0.1) is 0 Å². The Morgan fingerprint density at radius 2 is 1.63 bits per heavy atom. The Hall–Kier alpha value is -3.22. The second-order valence-corrected chi connectivity index (χ2v) is 6.57. The summed E-state index contributed by atoms with van der Waals surface area (Å²) in [5.74, 6) is 0.150. The van der Waals surface area contributed by atoms with Crippen molar-refractivity contribution in [2.24, 2.45) is 10.3 Å². The summed E-state index contributed by atoms with van der Waals surface area (Å²) in [7, 11) is 1.61. The maximum atomic E-state index is 13.0. The number of ether oxygens (including phenoxy) is 1. The minimum absolute atomic E-state index is 0.284. The molecular formula is C20H20N4O3. The summed E-state index contributed by atoms with van der Waals surface area (Å²) in [5, 5.41) is 9.73. The molecule has 2 aliphatic heterocycles. The lowest BCUT2D eigenvalue weighted by Crippen LogP contribution is -2.39. The molecule has 2 aromatic rings. The van der Waals surface area contributed by atoms with Crippen LogP contribution in [0.5, 0.6) is 5.75 Å². The van der Waals surface area contributed by atoms with Gasteiger partial charge in [0, 0.05) is 0 Å². The summed E-state index contributed by atoms with van der Waals surface area (Å²) in [5.41, 5.74) is 2.69. The monoisotopic (exact) mass is 364 g/mol. The van der Waals surface area contributed by atoms with Gasteiger partial charge in [0.15, 0.2) is 12.1 Å². The van der Waals surface area contributed by atoms with Crippen molar-refractivity contribution in [3.05, 3.63) is 59.7 Å². The molecule has 0 unspecified atom stereocenters. The van der Waals surface area contributed by atoms with Crippen LogP contribution in [0.1, 0.15) is 18.1 Å². The largest absolute Gasteiger partial charge is 0.497 e. The highest BCUT2D eigenvalue weighted by atomic mass is 16.5. The number of amides is 2. The van der Waals surface area contributed by atoms with Gasteiger partial charge in [-0.1, -0.05) is 36.4 Å². The summed E-state index contributed by atoms with van der Waals surface area (Å²) in [6, 6.07) is 13.5. The Labute approximate surface area is 157 Å². The molecule has 2 heterocycles. The lowest BCUT2D eigenvalue weighted by Gasteiger charge is -2.20. The number of carbonyl (C=O) groups excluding carboxylic acids is 2. The Morgan fingerprint density at radius 1 is 0.963 bits per heavy atom. The van der Waals surface area contributed by atoms with Gasteiger partial charge in [-0.25, -0.2) is 4.90 Å². The zero-order valence-electron chi connectivity index (χ0n) is 15.2. The molecule has 0 spiro atoms. The first-order valence-corrected chi connectivity index (χ1v) is 8.89. The number of fused-ring (bicyclic) bond motifs is 1. The summed E-state index contributed by atoms with van der Waals surface area (Å²) >= 11 is 0. The van der Waals surface area contributed by atoms with Crippen LogP contribution < -0.4 is 9.64 Å². The zero-order chi connectivity index (χ0) is 19.0. The molecule has 2 aromatic carbocycles. The smallest absolute Gasteiger partial charge is 0.263 e. The average molecular weight is 364 g/mol. The molecule has 7 heteroatoms. The SMILES string of the molecule is CCc1ccc(N2C(=O)[C@@H]3N=NN(Cc4ccc(OC)cc4)[C@H]3C2=O)cc1. The first kappa shape index (κ1) is 17.2. The number of aryl methyl sites for hydroxylation is 1. The van der Waals surface area contributed by atoms with E-state index in [0.29, 0.717) is 12.2 Å². The molecule has 27 heavy (non-hydrogen) atoms. The molecule has 0 aliphatic carbocycles. The third kappa shape index (κ3) is 2.95. The van der Waals surface area contributed by atoms with Gasteiger partial charge in [0.05, 0.1) is 19.3 Å². The van der Waals surface area contributed by atoms with Crippen LogP contribution in [0.3, 0.4) is 0 Å². The number of hydrogen-bond donors (Lipinski definition) is 0. The lowest BCUT2D eigenvalue weighted by atomic mass is 10.1. The molecule has 0 N–H and O–H groups in total. The summed E-state index contributed by atoms with van der Waals surface area (Å²) < 4.78 is 5.16. The quantitative estimate of drug-likeness (QED) is 0.765. The maximum Gasteiger partial charge on any atom is 0.263 e. The minimum atomic E-state index is -0.776. The molecule has 0 saturated carbocycles. The van der Waals surface area contributed by atoms with Crippen LogP contribution >= 0.6 is 0 Å². The third-order valence-electron chi connectivity index (χ3n) is 4.96. The summed E-state index contributed by atoms with van der Waals surface area (Å²) in [6.07, 6.45) is 0.900. The Kier molecular flexibility index (Phi) is 4.35. The van der Waals surface area contributed by atoms with E-state index in [1.807, 2.05) is 36.4 Å². The van der Waals surface area contributed by atoms with Crippen molar-refractivity contribution >= 4 is 17.5 Å². The zero-order valence-corrected chi connectivity index (χ0v) is 15.2. The highest BCUT2D eigenvalue weighted by Gasteiger charge is 2.54. The molecule has 1 fully saturated rings. The van der Waals surface area contributed by atoms with Crippen LogP contribution in [0.15, 0.2) is 58.9 Å². The number of anilines is 1. The van der Waals surface area contributed by atoms with E-state index < -0.39 is 12.1 Å². The number of hydrogen-bond acceptors (Lipinski definition) is 6. The van der Waals surface area contributed by atoms with Gasteiger partial charge in [0.2, 0.25) is 0 Å². The summed E-state index contributed by atoms with van der Waals surface area (Å²) in [4.78, 5) is 26.9. The van der Waals surface area contributed by atoms with Gasteiger partial charge in [0.1, 0.15) is 5.75 Å². The Bertz CT molecular complexity index is 892. The number of imide groups is 1. The molecule has 0 bridgehead atoms. The molecule has 1 saturated heterocycles. The van der Waals surface area contributed by atoms with Gasteiger partial charge in [-0.3, -0.25) is 14.6 Å². The van der Waals surface area contributed by atoms with Crippen molar-refractivity contribution < 1.29 is 14.3 Å². The van der Waals surface area contributed by atoms with Gasteiger partial charge in [-0.2, -0.15) is 5.11 Å². The molecule has 138 valence electrons. The predicted molar refractivity (Wildman–Crippen MR) is 99.3 cm³/mol. The minimum Gasteiger partial charge on any atom is -0.497 e. The highest BCUT2D eigenvalue weighted by Crippen LogP contribution is 2.33. The van der Waals surface area contributed by atoms with E-state index in [0.717, 1.165) is 23.3 Å². The molecule has 0 aromatic heterocycles. The van der Waals surface area contributed by atoms with Gasteiger partial charge in [0.25, 0.3) is 11.8 Å². The Balaban J connectivity index is 1.55. The van der Waals surface area contributed by atoms with Crippen LogP contribution in [0.4, 0.5) is 5.69 Å². The van der Waals surface area contributed by atoms with Crippen LogP contribution in [0.2, 0.25) is 0 Å². The van der Waals surface area contributed by atoms with E-state index in [1.54, 1.807) is 24.3 Å². The van der Waals surface area contributed by atoms with E-state index in [-0.39, 0.29) is 11.8 Å². The van der Waals surface area contributed by atoms with Crippen molar-refractivity contribution in [1.82, 2.24) is 5.01 Å². The van der Waals surface area contributed by atoms with Gasteiger partial charge in [-0.15, -0.1) is 0 Å². The number of carbonyl (C=O) groups is 2. The lowest BCUT2D eigenvalue weighted by molar-refractivity contribution is -0.123. The van der Waals surface area contributed by atoms with Crippen molar-refractivity contribution in [3.8, 4) is 5.75 Å². The topological polar surface area (TPSA) is 74.6 Å². The van der Waals surface area contributed by atoms with Crippen molar-refractivity contribution in [2.45, 2.75) is 32.0 Å².